The predicted octanol–water partition coefficient (Wildman–Crippen LogP) is 4.34. The van der Waals surface area contributed by atoms with Crippen molar-refractivity contribution in [2.24, 2.45) is 11.8 Å². The number of likely N-dealkylation sites (tertiary alicyclic amines) is 1. The molecule has 2 aromatic rings. The fourth-order valence-corrected chi connectivity index (χ4v) is 5.78. The molecule has 0 amide bonds. The van der Waals surface area contributed by atoms with Crippen LogP contribution in [0.25, 0.3) is 10.9 Å². The van der Waals surface area contributed by atoms with E-state index in [-0.39, 0.29) is 0 Å². The SMILES string of the molecule is CCN1CCN(c2cc(C)c3cc(NC(=S)NCCCN4C[C@H](C)C[C@@H](C)C4)ccc3n2)CC1. The first-order chi connectivity index (χ1) is 16.4. The van der Waals surface area contributed by atoms with E-state index in [0.29, 0.717) is 5.11 Å². The number of thiocarbonyl (C=S) groups is 1. The van der Waals surface area contributed by atoms with Crippen molar-refractivity contribution in [3.8, 4) is 0 Å². The highest BCUT2D eigenvalue weighted by molar-refractivity contribution is 7.80. The maximum atomic E-state index is 5.56. The van der Waals surface area contributed by atoms with Crippen molar-refractivity contribution >= 4 is 39.7 Å². The minimum absolute atomic E-state index is 0.691. The number of aryl methyl sites for hydroxylation is 1. The third kappa shape index (κ3) is 6.58. The molecular weight excluding hydrogens is 440 g/mol. The van der Waals surface area contributed by atoms with Crippen molar-refractivity contribution < 1.29 is 0 Å². The number of piperazine rings is 1. The highest BCUT2D eigenvalue weighted by atomic mass is 32.1. The van der Waals surface area contributed by atoms with E-state index in [1.165, 1.54) is 30.5 Å². The zero-order valence-electron chi connectivity index (χ0n) is 21.4. The Morgan fingerprint density at radius 3 is 2.50 bits per heavy atom. The van der Waals surface area contributed by atoms with E-state index in [1.54, 1.807) is 0 Å². The number of piperidine rings is 1. The number of rotatable bonds is 7. The van der Waals surface area contributed by atoms with Crippen LogP contribution in [0.4, 0.5) is 11.5 Å². The minimum atomic E-state index is 0.691. The van der Waals surface area contributed by atoms with Crippen LogP contribution in [0.2, 0.25) is 0 Å². The van der Waals surface area contributed by atoms with E-state index in [9.17, 15) is 0 Å². The Morgan fingerprint density at radius 2 is 1.79 bits per heavy atom. The third-order valence-electron chi connectivity index (χ3n) is 7.28. The van der Waals surface area contributed by atoms with Crippen molar-refractivity contribution in [1.82, 2.24) is 20.1 Å². The molecule has 0 saturated carbocycles. The molecule has 7 heteroatoms. The number of likely N-dealkylation sites (N-methyl/N-ethyl adjacent to an activating group) is 1. The van der Waals surface area contributed by atoms with Gasteiger partial charge in [-0.15, -0.1) is 0 Å². The zero-order chi connectivity index (χ0) is 24.1. The second-order valence-corrected chi connectivity index (χ2v) is 10.8. The molecule has 2 N–H and O–H groups in total. The second kappa shape index (κ2) is 11.6. The van der Waals surface area contributed by atoms with Gasteiger partial charge in [0.2, 0.25) is 0 Å². The number of hydrogen-bond donors (Lipinski definition) is 2. The molecular formula is C27H42N6S. The molecule has 6 nitrogen and oxygen atoms in total. The number of hydrogen-bond acceptors (Lipinski definition) is 5. The Balaban J connectivity index is 1.28. The lowest BCUT2D eigenvalue weighted by Gasteiger charge is -2.35. The number of pyridine rings is 1. The van der Waals surface area contributed by atoms with E-state index < -0.39 is 0 Å². The van der Waals surface area contributed by atoms with Crippen molar-refractivity contribution in [1.29, 1.82) is 0 Å². The maximum absolute atomic E-state index is 5.56. The van der Waals surface area contributed by atoms with Crippen LogP contribution in [0.5, 0.6) is 0 Å². The number of aromatic nitrogens is 1. The molecule has 3 heterocycles. The predicted molar refractivity (Wildman–Crippen MR) is 149 cm³/mol. The van der Waals surface area contributed by atoms with E-state index in [4.69, 9.17) is 17.2 Å². The van der Waals surface area contributed by atoms with Crippen LogP contribution in [0.3, 0.4) is 0 Å². The molecule has 1 aromatic carbocycles. The molecule has 0 aliphatic carbocycles. The smallest absolute Gasteiger partial charge is 0.170 e. The summed E-state index contributed by atoms with van der Waals surface area (Å²) in [5, 5.41) is 8.62. The number of fused-ring (bicyclic) bond motifs is 1. The van der Waals surface area contributed by atoms with Gasteiger partial charge in [-0.05, 0) is 86.7 Å². The highest BCUT2D eigenvalue weighted by Gasteiger charge is 2.21. The van der Waals surface area contributed by atoms with Gasteiger partial charge in [-0.2, -0.15) is 0 Å². The Hall–Kier alpha value is -1.96. The average Bonchev–Trinajstić information content (AvgIpc) is 2.81. The highest BCUT2D eigenvalue weighted by Crippen LogP contribution is 2.26. The summed E-state index contributed by atoms with van der Waals surface area (Å²) in [6.07, 6.45) is 2.47. The van der Waals surface area contributed by atoms with E-state index in [2.05, 4.69) is 77.3 Å². The molecule has 2 aliphatic rings. The lowest BCUT2D eigenvalue weighted by molar-refractivity contribution is 0.140. The van der Waals surface area contributed by atoms with Gasteiger partial charge in [0.25, 0.3) is 0 Å². The van der Waals surface area contributed by atoms with Crippen LogP contribution < -0.4 is 15.5 Å². The first-order valence-corrected chi connectivity index (χ1v) is 13.5. The fourth-order valence-electron chi connectivity index (χ4n) is 5.56. The van der Waals surface area contributed by atoms with Crippen LogP contribution in [-0.4, -0.2) is 78.8 Å². The Kier molecular flexibility index (Phi) is 8.61. The van der Waals surface area contributed by atoms with Crippen molar-refractivity contribution in [3.63, 3.8) is 0 Å². The summed E-state index contributed by atoms with van der Waals surface area (Å²) in [5.41, 5.74) is 3.31. The van der Waals surface area contributed by atoms with Crippen LogP contribution in [0.1, 0.15) is 39.2 Å². The summed E-state index contributed by atoms with van der Waals surface area (Å²) in [7, 11) is 0. The zero-order valence-corrected chi connectivity index (χ0v) is 22.3. The largest absolute Gasteiger partial charge is 0.362 e. The van der Waals surface area contributed by atoms with E-state index in [0.717, 1.165) is 81.1 Å². The number of nitrogens with zero attached hydrogens (tertiary/aromatic N) is 4. The van der Waals surface area contributed by atoms with Gasteiger partial charge in [0.1, 0.15) is 5.82 Å². The third-order valence-corrected chi connectivity index (χ3v) is 7.53. The molecule has 2 fully saturated rings. The average molecular weight is 483 g/mol. The molecule has 4 rings (SSSR count). The van der Waals surface area contributed by atoms with Crippen molar-refractivity contribution in [2.45, 2.75) is 40.5 Å². The Morgan fingerprint density at radius 1 is 1.06 bits per heavy atom. The summed E-state index contributed by atoms with van der Waals surface area (Å²) in [4.78, 5) is 12.5. The first kappa shape index (κ1) is 25.1. The molecule has 34 heavy (non-hydrogen) atoms. The molecule has 0 bridgehead atoms. The summed E-state index contributed by atoms with van der Waals surface area (Å²) < 4.78 is 0. The summed E-state index contributed by atoms with van der Waals surface area (Å²) in [6.45, 7) is 19.1. The van der Waals surface area contributed by atoms with Crippen LogP contribution >= 0.6 is 12.2 Å². The van der Waals surface area contributed by atoms with Gasteiger partial charge >= 0.3 is 0 Å². The molecule has 0 radical (unpaired) electrons. The van der Waals surface area contributed by atoms with Gasteiger partial charge in [-0.25, -0.2) is 4.98 Å². The van der Waals surface area contributed by atoms with Gasteiger partial charge in [-0.3, -0.25) is 0 Å². The minimum Gasteiger partial charge on any atom is -0.362 e. The van der Waals surface area contributed by atoms with Crippen molar-refractivity contribution in [3.05, 3.63) is 29.8 Å². The van der Waals surface area contributed by atoms with Gasteiger partial charge in [-0.1, -0.05) is 20.8 Å². The Bertz CT molecular complexity index is 961. The van der Waals surface area contributed by atoms with Gasteiger partial charge in [0.05, 0.1) is 5.52 Å². The van der Waals surface area contributed by atoms with Crippen LogP contribution in [-0.2, 0) is 0 Å². The van der Waals surface area contributed by atoms with Gasteiger partial charge in [0, 0.05) is 56.9 Å². The lowest BCUT2D eigenvalue weighted by atomic mass is 9.92. The molecule has 1 aromatic heterocycles. The second-order valence-electron chi connectivity index (χ2n) is 10.4. The normalized spacial score (nSPS) is 22.2. The summed E-state index contributed by atoms with van der Waals surface area (Å²) >= 11 is 5.56. The standard InChI is InChI=1S/C27H42N6S/c1-5-31-11-13-33(14-12-31)26-16-22(4)24-17-23(7-8-25(24)30-26)29-27(34)28-9-6-10-32-18-20(2)15-21(3)19-32/h7-8,16-17,20-21H,5-6,9-15,18-19H2,1-4H3,(H2,28,29,34)/t20-,21-/m1/s1. The maximum Gasteiger partial charge on any atom is 0.170 e. The fraction of sp³-hybridized carbons (Fsp3) is 0.630. The monoisotopic (exact) mass is 482 g/mol. The lowest BCUT2D eigenvalue weighted by Crippen LogP contribution is -2.46. The van der Waals surface area contributed by atoms with E-state index >= 15 is 0 Å². The molecule has 0 spiro atoms. The molecule has 0 unspecified atom stereocenters. The van der Waals surface area contributed by atoms with Crippen LogP contribution in [0.15, 0.2) is 24.3 Å². The number of benzene rings is 1. The molecule has 2 atom stereocenters. The Labute approximate surface area is 211 Å². The molecule has 2 saturated heterocycles. The summed E-state index contributed by atoms with van der Waals surface area (Å²) in [6, 6.07) is 8.59. The van der Waals surface area contributed by atoms with Gasteiger partial charge < -0.3 is 25.3 Å². The number of nitrogens with one attached hydrogen (secondary N) is 2. The molecule has 186 valence electrons. The number of anilines is 2. The molecule has 2 aliphatic heterocycles. The van der Waals surface area contributed by atoms with Crippen molar-refractivity contribution in [2.75, 3.05) is 69.1 Å². The quantitative estimate of drug-likeness (QED) is 0.450. The van der Waals surface area contributed by atoms with E-state index in [1.807, 2.05) is 0 Å². The summed E-state index contributed by atoms with van der Waals surface area (Å²) in [5.74, 6) is 2.72. The van der Waals surface area contributed by atoms with Crippen LogP contribution in [0, 0.1) is 18.8 Å². The van der Waals surface area contributed by atoms with Gasteiger partial charge in [0.15, 0.2) is 5.11 Å². The topological polar surface area (TPSA) is 46.7 Å². The first-order valence-electron chi connectivity index (χ1n) is 13.1.